The molecule has 24 heteroatoms. The van der Waals surface area contributed by atoms with Crippen molar-refractivity contribution in [2.45, 2.75) is 451 Å². The number of ether oxygens (including phenoxy) is 6. The highest BCUT2D eigenvalue weighted by Crippen LogP contribution is 2.44. The molecule has 0 fully saturated rings. The van der Waals surface area contributed by atoms with Gasteiger partial charge in [-0.1, -0.05) is 324 Å². The topological polar surface area (TPSA) is 297 Å². The fourth-order valence-electron chi connectivity index (χ4n) is 13.1. The summed E-state index contributed by atoms with van der Waals surface area (Å²) in [5.41, 5.74) is 0. The molecular formula is C85H166N2O20P2. The molecule has 0 saturated carbocycles. The molecule has 0 radical (unpaired) electrons. The van der Waals surface area contributed by atoms with E-state index in [1.165, 1.54) is 167 Å². The Kier molecular flexibility index (Phi) is 77.4. The summed E-state index contributed by atoms with van der Waals surface area (Å²) in [5, 5.41) is 15.9. The molecule has 0 aromatic heterocycles. The van der Waals surface area contributed by atoms with Crippen LogP contribution in [0.2, 0.25) is 0 Å². The highest BCUT2D eigenvalue weighted by molar-refractivity contribution is 7.47. The van der Waals surface area contributed by atoms with Gasteiger partial charge >= 0.3 is 33.6 Å². The maximum absolute atomic E-state index is 13.2. The van der Waals surface area contributed by atoms with Crippen LogP contribution in [-0.2, 0) is 79.6 Å². The number of phosphoric ester groups is 2. The molecule has 109 heavy (non-hydrogen) atoms. The second kappa shape index (κ2) is 79.3. The minimum atomic E-state index is -4.77. The van der Waals surface area contributed by atoms with Crippen LogP contribution in [0.15, 0.2) is 0 Å². The maximum atomic E-state index is 13.2. The summed E-state index contributed by atoms with van der Waals surface area (Å²) in [7, 11) is -9.51. The van der Waals surface area contributed by atoms with Crippen molar-refractivity contribution in [2.24, 2.45) is 0 Å². The van der Waals surface area contributed by atoms with Gasteiger partial charge in [0.25, 0.3) is 0 Å². The summed E-state index contributed by atoms with van der Waals surface area (Å²) in [4.78, 5) is 86.1. The molecule has 22 nitrogen and oxygen atoms in total. The Morgan fingerprint density at radius 1 is 0.294 bits per heavy atom. The third-order valence-electron chi connectivity index (χ3n) is 19.8. The molecule has 0 aliphatic carbocycles. The number of nitrogens with one attached hydrogen (secondary N) is 2. The first-order valence-electron chi connectivity index (χ1n) is 44.8. The van der Waals surface area contributed by atoms with Gasteiger partial charge in [-0.2, -0.15) is 0 Å². The summed E-state index contributed by atoms with van der Waals surface area (Å²) in [6.07, 6.45) is 55.3. The number of carbonyl (C=O) groups excluding carboxylic acids is 5. The van der Waals surface area contributed by atoms with E-state index in [-0.39, 0.29) is 70.1 Å². The zero-order valence-corrected chi connectivity index (χ0v) is 72.1. The Morgan fingerprint density at radius 3 is 0.862 bits per heavy atom. The number of carbonyl (C=O) groups is 5. The Morgan fingerprint density at radius 2 is 0.550 bits per heavy atom. The molecule has 2 amide bonds. The Hall–Kier alpha value is -2.59. The fraction of sp³-hybridized carbons (Fsp3) is 0.941. The predicted molar refractivity (Wildman–Crippen MR) is 438 cm³/mol. The SMILES string of the molecule is CCCCCCCCCCCCCC(=O)O[C@@H](COCCC(CCCCCCC)OC(=O)CCCCCCCCCCC)COP(=O)(O)OCCNC(=O)CC(=O)NCCOP(=O)(O)OC[C@H](COCCC(CCCCCCC)OC(=O)CCCCCCCCCCC)OC(O)CCCCCCCCCCCCC. The van der Waals surface area contributed by atoms with E-state index in [0.29, 0.717) is 51.4 Å². The van der Waals surface area contributed by atoms with E-state index in [1.807, 2.05) is 0 Å². The number of phosphoric acid groups is 2. The highest BCUT2D eigenvalue weighted by Gasteiger charge is 2.28. The van der Waals surface area contributed by atoms with Gasteiger partial charge in [-0.25, -0.2) is 9.13 Å². The molecule has 0 aliphatic rings. The number of aliphatic hydroxyl groups excluding tert-OH is 1. The van der Waals surface area contributed by atoms with E-state index in [0.717, 1.165) is 148 Å². The molecule has 646 valence electrons. The third kappa shape index (κ3) is 76.5. The van der Waals surface area contributed by atoms with Gasteiger partial charge in [-0.05, 0) is 57.8 Å². The van der Waals surface area contributed by atoms with Crippen LogP contribution >= 0.6 is 15.6 Å². The maximum Gasteiger partial charge on any atom is 0.472 e. The second-order valence-corrected chi connectivity index (χ2v) is 33.4. The minimum Gasteiger partial charge on any atom is -0.462 e. The smallest absolute Gasteiger partial charge is 0.462 e. The lowest BCUT2D eigenvalue weighted by atomic mass is 10.1. The van der Waals surface area contributed by atoms with Crippen LogP contribution in [0, 0.1) is 0 Å². The quantitative estimate of drug-likeness (QED) is 0.00944. The number of unbranched alkanes of at least 4 members (excludes halogenated alkanes) is 44. The number of esters is 3. The van der Waals surface area contributed by atoms with E-state index in [2.05, 4.69) is 52.2 Å². The average molecular weight is 1600 g/mol. The zero-order chi connectivity index (χ0) is 80.0. The monoisotopic (exact) mass is 1600 g/mol. The van der Waals surface area contributed by atoms with Crippen molar-refractivity contribution in [3.8, 4) is 0 Å². The number of hydrogen-bond acceptors (Lipinski definition) is 18. The molecule has 0 heterocycles. The van der Waals surface area contributed by atoms with Crippen molar-refractivity contribution in [2.75, 3.05) is 65.9 Å². The molecule has 0 bridgehead atoms. The van der Waals surface area contributed by atoms with Crippen molar-refractivity contribution >= 4 is 45.4 Å². The molecule has 5 N–H and O–H groups in total. The van der Waals surface area contributed by atoms with Crippen molar-refractivity contribution in [3.05, 3.63) is 0 Å². The van der Waals surface area contributed by atoms with E-state index >= 15 is 0 Å². The number of aliphatic hydroxyl groups is 1. The first-order chi connectivity index (χ1) is 52.9. The van der Waals surface area contributed by atoms with E-state index in [9.17, 15) is 48.0 Å². The largest absolute Gasteiger partial charge is 0.472 e. The van der Waals surface area contributed by atoms with Gasteiger partial charge in [-0.3, -0.25) is 42.1 Å². The first-order valence-corrected chi connectivity index (χ1v) is 47.8. The second-order valence-electron chi connectivity index (χ2n) is 30.5. The molecule has 0 aromatic carbocycles. The Labute approximate surface area is 664 Å². The normalized spacial score (nSPS) is 14.2. The fourth-order valence-corrected chi connectivity index (χ4v) is 14.6. The standard InChI is InChI=1S/C85H166N2O20P2/c1-7-13-19-25-29-33-35-39-43-49-55-61-84(92)106-78(72-98-67-63-76(57-51-45-23-17-11-5)104-82(90)59-53-47-41-37-31-27-21-15-9-3)74-102-108(94,95)100-69-65-86-80(88)71-81(89)87-66-70-101-109(96,97)103-75-79(107-85(93)62-56-50-44-40-36-34-30-26-20-14-8-2)73-99-68-64-77(58-52-46-24-18-12-6)105-83(91)60-54-48-42-38-32-28-22-16-10-4/h76-79,84,92H,7-75H2,1-6H3,(H,86,88)(H,87,89)(H,94,95)(H,96,97)/t76?,77?,78-,79-,84?/m0/s1. The van der Waals surface area contributed by atoms with Crippen LogP contribution in [-0.4, -0.2) is 141 Å². The summed E-state index contributed by atoms with van der Waals surface area (Å²) >= 11 is 0. The summed E-state index contributed by atoms with van der Waals surface area (Å²) in [5.74, 6) is -2.40. The molecule has 0 rings (SSSR count). The van der Waals surface area contributed by atoms with Crippen LogP contribution in [0.25, 0.3) is 0 Å². The van der Waals surface area contributed by atoms with Crippen molar-refractivity contribution in [1.82, 2.24) is 10.6 Å². The molecule has 0 spiro atoms. The van der Waals surface area contributed by atoms with Gasteiger partial charge in [-0.15, -0.1) is 0 Å². The van der Waals surface area contributed by atoms with E-state index in [1.54, 1.807) is 0 Å². The number of rotatable bonds is 87. The Bertz CT molecular complexity index is 2170. The van der Waals surface area contributed by atoms with Gasteiger partial charge in [0.1, 0.15) is 30.8 Å². The van der Waals surface area contributed by atoms with Crippen molar-refractivity contribution < 1.29 is 94.5 Å². The van der Waals surface area contributed by atoms with Crippen LogP contribution in [0.5, 0.6) is 0 Å². The lowest BCUT2D eigenvalue weighted by Crippen LogP contribution is -2.34. The Balaban J connectivity index is 5.52. The van der Waals surface area contributed by atoms with Gasteiger partial charge in [0.2, 0.25) is 11.8 Å². The summed E-state index contributed by atoms with van der Waals surface area (Å²) < 4.78 is 82.9. The molecule has 5 unspecified atom stereocenters. The van der Waals surface area contributed by atoms with Crippen LogP contribution in [0.1, 0.15) is 420 Å². The molecule has 0 aromatic rings. The van der Waals surface area contributed by atoms with E-state index < -0.39 is 84.8 Å². The molecule has 0 aliphatic heterocycles. The lowest BCUT2D eigenvalue weighted by Gasteiger charge is -2.23. The minimum absolute atomic E-state index is 0.0974. The molecular weight excluding hydrogens is 1430 g/mol. The number of amides is 2. The van der Waals surface area contributed by atoms with Gasteiger partial charge in [0, 0.05) is 45.2 Å². The van der Waals surface area contributed by atoms with Crippen LogP contribution in [0.3, 0.4) is 0 Å². The lowest BCUT2D eigenvalue weighted by molar-refractivity contribution is -0.166. The average Bonchev–Trinajstić information content (AvgIpc) is 0.927. The highest BCUT2D eigenvalue weighted by atomic mass is 31.2. The number of hydrogen-bond donors (Lipinski definition) is 5. The van der Waals surface area contributed by atoms with Gasteiger partial charge in [0.15, 0.2) is 6.29 Å². The summed E-state index contributed by atoms with van der Waals surface area (Å²) in [6.45, 7) is 10.8. The predicted octanol–water partition coefficient (Wildman–Crippen LogP) is 22.1. The van der Waals surface area contributed by atoms with E-state index in [4.69, 9.17) is 46.5 Å². The molecule has 0 saturated heterocycles. The van der Waals surface area contributed by atoms with Crippen LogP contribution in [0.4, 0.5) is 0 Å². The first kappa shape index (κ1) is 106. The van der Waals surface area contributed by atoms with Gasteiger partial charge in [0.05, 0.1) is 52.9 Å². The van der Waals surface area contributed by atoms with Crippen molar-refractivity contribution in [3.63, 3.8) is 0 Å². The zero-order valence-electron chi connectivity index (χ0n) is 70.4. The third-order valence-corrected chi connectivity index (χ3v) is 21.8. The van der Waals surface area contributed by atoms with Gasteiger partial charge < -0.3 is 53.9 Å². The summed E-state index contributed by atoms with van der Waals surface area (Å²) in [6, 6.07) is 0. The van der Waals surface area contributed by atoms with Crippen molar-refractivity contribution in [1.29, 1.82) is 0 Å². The molecule has 7 atom stereocenters. The van der Waals surface area contributed by atoms with Crippen LogP contribution < -0.4 is 10.6 Å².